The second-order valence-electron chi connectivity index (χ2n) is 4.82. The molecular formula is C15H23N5. The molecule has 0 unspecified atom stereocenters. The minimum Gasteiger partial charge on any atom is -0.370 e. The molecule has 5 nitrogen and oxygen atoms in total. The van der Waals surface area contributed by atoms with Crippen molar-refractivity contribution in [3.63, 3.8) is 0 Å². The van der Waals surface area contributed by atoms with Crippen molar-refractivity contribution in [3.05, 3.63) is 23.8 Å². The van der Waals surface area contributed by atoms with E-state index in [4.69, 9.17) is 4.98 Å². The van der Waals surface area contributed by atoms with Crippen LogP contribution in [-0.4, -0.2) is 26.1 Å². The zero-order chi connectivity index (χ0) is 14.5. The van der Waals surface area contributed by atoms with Crippen LogP contribution in [0.15, 0.2) is 12.5 Å². The van der Waals surface area contributed by atoms with E-state index >= 15 is 0 Å². The largest absolute Gasteiger partial charge is 0.370 e. The Morgan fingerprint density at radius 2 is 2.00 bits per heavy atom. The predicted octanol–water partition coefficient (Wildman–Crippen LogP) is 3.05. The lowest BCUT2D eigenvalue weighted by atomic mass is 10.2. The second-order valence-corrected chi connectivity index (χ2v) is 4.82. The summed E-state index contributed by atoms with van der Waals surface area (Å²) in [6.07, 6.45) is 5.66. The highest BCUT2D eigenvalue weighted by atomic mass is 15.1. The van der Waals surface area contributed by atoms with E-state index in [0.717, 1.165) is 54.5 Å². The van der Waals surface area contributed by atoms with E-state index in [9.17, 15) is 0 Å². The number of aryl methyl sites for hydroxylation is 2. The second kappa shape index (κ2) is 6.50. The van der Waals surface area contributed by atoms with Gasteiger partial charge in [0.15, 0.2) is 5.82 Å². The zero-order valence-electron chi connectivity index (χ0n) is 12.8. The SMILES string of the molecule is CCCn1cncc1-c1nc(CC)c(C)c(NCC)n1. The van der Waals surface area contributed by atoms with Crippen LogP contribution in [0, 0.1) is 6.92 Å². The summed E-state index contributed by atoms with van der Waals surface area (Å²) in [6.45, 7) is 10.2. The summed E-state index contributed by atoms with van der Waals surface area (Å²) in [4.78, 5) is 13.6. The van der Waals surface area contributed by atoms with Gasteiger partial charge in [0.05, 0.1) is 12.5 Å². The molecule has 0 aliphatic rings. The van der Waals surface area contributed by atoms with Gasteiger partial charge in [-0.15, -0.1) is 0 Å². The molecule has 20 heavy (non-hydrogen) atoms. The lowest BCUT2D eigenvalue weighted by Crippen LogP contribution is -2.09. The Hall–Kier alpha value is -1.91. The first-order valence-corrected chi connectivity index (χ1v) is 7.33. The molecule has 0 bridgehead atoms. The van der Waals surface area contributed by atoms with Crippen LogP contribution in [0.3, 0.4) is 0 Å². The van der Waals surface area contributed by atoms with Crippen LogP contribution in [0.5, 0.6) is 0 Å². The fourth-order valence-corrected chi connectivity index (χ4v) is 2.29. The quantitative estimate of drug-likeness (QED) is 0.879. The molecule has 0 amide bonds. The number of aromatic nitrogens is 4. The number of hydrogen-bond donors (Lipinski definition) is 1. The maximum absolute atomic E-state index is 4.71. The van der Waals surface area contributed by atoms with Crippen LogP contribution in [0.4, 0.5) is 5.82 Å². The Balaban J connectivity index is 2.50. The molecule has 0 saturated heterocycles. The van der Waals surface area contributed by atoms with Gasteiger partial charge < -0.3 is 9.88 Å². The fourth-order valence-electron chi connectivity index (χ4n) is 2.29. The molecule has 0 atom stereocenters. The zero-order valence-corrected chi connectivity index (χ0v) is 12.8. The Kier molecular flexibility index (Phi) is 4.71. The molecular weight excluding hydrogens is 250 g/mol. The minimum atomic E-state index is 0.759. The molecule has 0 saturated carbocycles. The van der Waals surface area contributed by atoms with E-state index in [2.05, 4.69) is 47.5 Å². The van der Waals surface area contributed by atoms with E-state index in [-0.39, 0.29) is 0 Å². The van der Waals surface area contributed by atoms with Gasteiger partial charge in [0, 0.05) is 24.3 Å². The molecule has 0 radical (unpaired) electrons. The third-order valence-corrected chi connectivity index (χ3v) is 3.33. The van der Waals surface area contributed by atoms with Gasteiger partial charge in [-0.3, -0.25) is 0 Å². The maximum atomic E-state index is 4.71. The van der Waals surface area contributed by atoms with Crippen molar-refractivity contribution < 1.29 is 0 Å². The first-order valence-electron chi connectivity index (χ1n) is 7.33. The number of imidazole rings is 1. The van der Waals surface area contributed by atoms with Gasteiger partial charge in [0.2, 0.25) is 0 Å². The molecule has 0 aromatic carbocycles. The lowest BCUT2D eigenvalue weighted by molar-refractivity contribution is 0.681. The summed E-state index contributed by atoms with van der Waals surface area (Å²) in [7, 11) is 0. The minimum absolute atomic E-state index is 0.759. The Morgan fingerprint density at radius 3 is 2.65 bits per heavy atom. The van der Waals surface area contributed by atoms with Crippen molar-refractivity contribution in [3.8, 4) is 11.5 Å². The molecule has 2 heterocycles. The van der Waals surface area contributed by atoms with E-state index in [1.165, 1.54) is 0 Å². The van der Waals surface area contributed by atoms with Gasteiger partial charge in [0.25, 0.3) is 0 Å². The van der Waals surface area contributed by atoms with Gasteiger partial charge >= 0.3 is 0 Å². The highest BCUT2D eigenvalue weighted by Gasteiger charge is 2.13. The summed E-state index contributed by atoms with van der Waals surface area (Å²) >= 11 is 0. The van der Waals surface area contributed by atoms with Crippen molar-refractivity contribution in [1.29, 1.82) is 0 Å². The summed E-state index contributed by atoms with van der Waals surface area (Å²) < 4.78 is 2.11. The van der Waals surface area contributed by atoms with Gasteiger partial charge in [-0.05, 0) is 26.7 Å². The standard InChI is InChI=1S/C15H23N5/c1-5-8-20-10-16-9-13(20)15-18-12(6-2)11(4)14(19-15)17-7-3/h9-10H,5-8H2,1-4H3,(H,17,18,19). The number of nitrogens with one attached hydrogen (secondary N) is 1. The first-order chi connectivity index (χ1) is 9.71. The van der Waals surface area contributed by atoms with Gasteiger partial charge in [-0.1, -0.05) is 13.8 Å². The van der Waals surface area contributed by atoms with Crippen LogP contribution in [0.25, 0.3) is 11.5 Å². The summed E-state index contributed by atoms with van der Waals surface area (Å²) in [5.41, 5.74) is 3.22. The fraction of sp³-hybridized carbons (Fsp3) is 0.533. The smallest absolute Gasteiger partial charge is 0.180 e. The van der Waals surface area contributed by atoms with E-state index in [0.29, 0.717) is 0 Å². The molecule has 2 aromatic rings. The van der Waals surface area contributed by atoms with Gasteiger partial charge in [0.1, 0.15) is 11.5 Å². The van der Waals surface area contributed by atoms with Crippen LogP contribution in [0.1, 0.15) is 38.4 Å². The summed E-state index contributed by atoms with van der Waals surface area (Å²) in [6, 6.07) is 0. The predicted molar refractivity (Wildman–Crippen MR) is 81.8 cm³/mol. The molecule has 0 aliphatic carbocycles. The van der Waals surface area contributed by atoms with Crippen molar-refractivity contribution in [2.24, 2.45) is 0 Å². The third kappa shape index (κ3) is 2.81. The maximum Gasteiger partial charge on any atom is 0.180 e. The Bertz CT molecular complexity index is 574. The third-order valence-electron chi connectivity index (χ3n) is 3.33. The topological polar surface area (TPSA) is 55.6 Å². The number of rotatable bonds is 6. The van der Waals surface area contributed by atoms with Crippen molar-refractivity contribution in [1.82, 2.24) is 19.5 Å². The molecule has 1 N–H and O–H groups in total. The van der Waals surface area contributed by atoms with Gasteiger partial charge in [-0.2, -0.15) is 0 Å². The van der Waals surface area contributed by atoms with Crippen LogP contribution in [-0.2, 0) is 13.0 Å². The number of nitrogens with zero attached hydrogens (tertiary/aromatic N) is 4. The monoisotopic (exact) mass is 273 g/mol. The summed E-state index contributed by atoms with van der Waals surface area (Å²) in [5.74, 6) is 1.69. The lowest BCUT2D eigenvalue weighted by Gasteiger charge is -2.13. The average molecular weight is 273 g/mol. The first kappa shape index (κ1) is 14.5. The normalized spacial score (nSPS) is 10.8. The molecule has 2 rings (SSSR count). The highest BCUT2D eigenvalue weighted by Crippen LogP contribution is 2.22. The highest BCUT2D eigenvalue weighted by molar-refractivity contribution is 5.56. The van der Waals surface area contributed by atoms with Crippen LogP contribution in [0.2, 0.25) is 0 Å². The van der Waals surface area contributed by atoms with Crippen LogP contribution >= 0.6 is 0 Å². The Labute approximate surface area is 120 Å². The molecule has 0 fully saturated rings. The van der Waals surface area contributed by atoms with Crippen LogP contribution < -0.4 is 5.32 Å². The molecule has 5 heteroatoms. The van der Waals surface area contributed by atoms with E-state index in [1.54, 1.807) is 0 Å². The Morgan fingerprint density at radius 1 is 1.20 bits per heavy atom. The van der Waals surface area contributed by atoms with Gasteiger partial charge in [-0.25, -0.2) is 15.0 Å². The van der Waals surface area contributed by atoms with E-state index in [1.807, 2.05) is 12.5 Å². The molecule has 0 aliphatic heterocycles. The molecule has 0 spiro atoms. The van der Waals surface area contributed by atoms with Crippen molar-refractivity contribution >= 4 is 5.82 Å². The molecule has 108 valence electrons. The average Bonchev–Trinajstić information content (AvgIpc) is 2.90. The molecule has 2 aromatic heterocycles. The number of hydrogen-bond acceptors (Lipinski definition) is 4. The summed E-state index contributed by atoms with van der Waals surface area (Å²) in [5, 5.41) is 3.32. The van der Waals surface area contributed by atoms with Crippen molar-refractivity contribution in [2.75, 3.05) is 11.9 Å². The number of anilines is 1. The van der Waals surface area contributed by atoms with Crippen molar-refractivity contribution in [2.45, 2.75) is 47.1 Å². The van der Waals surface area contributed by atoms with E-state index < -0.39 is 0 Å².